The van der Waals surface area contributed by atoms with Crippen molar-refractivity contribution in [2.24, 2.45) is 5.92 Å². The summed E-state index contributed by atoms with van der Waals surface area (Å²) in [5.74, 6) is -1.49. The molecule has 616 valence electrons. The molecule has 4 aromatic heterocycles. The van der Waals surface area contributed by atoms with E-state index in [-0.39, 0.29) is 149 Å². The number of nitro groups is 2. The van der Waals surface area contributed by atoms with Crippen LogP contribution in [0.15, 0.2) is 315 Å². The number of carbonyl (C=O) groups excluding carboxylic acids is 7. The predicted octanol–water partition coefficient (Wildman–Crippen LogP) is 20.5. The van der Waals surface area contributed by atoms with Gasteiger partial charge in [-0.3, -0.25) is 58.2 Å². The molecule has 14 rings (SSSR count). The van der Waals surface area contributed by atoms with E-state index in [1.807, 2.05) is 48.5 Å². The van der Waals surface area contributed by atoms with E-state index in [1.165, 1.54) is 106 Å². The van der Waals surface area contributed by atoms with E-state index in [2.05, 4.69) is 44.2 Å². The first kappa shape index (κ1) is 98.2. The van der Waals surface area contributed by atoms with Crippen molar-refractivity contribution in [3.05, 3.63) is 427 Å². The fourth-order valence-corrected chi connectivity index (χ4v) is 12.0. The first-order valence-corrected chi connectivity index (χ1v) is 36.3. The van der Waals surface area contributed by atoms with Crippen LogP contribution in [0.4, 0.5) is 20.2 Å². The summed E-state index contributed by atoms with van der Waals surface area (Å²) in [4.78, 5) is 121. The zero-order valence-electron chi connectivity index (χ0n) is 64.6. The summed E-state index contributed by atoms with van der Waals surface area (Å²) in [7, 11) is 0. The standard InChI is InChI=1S/C25H16NO2.C18H10F2NO.2C18H11N2O3.C11H18O2.C5H8O2.4Ir/c27-24(18-8-3-1-4-9-18)21-13-7-12-20(16-21)23-17-22(14-15-26-23)25(28)19-10-5-2-6-11-19;19-14-7-4-12(5-8-14)18(22)15-11-13(6-9-16(15)20)17-3-1-2-10-21-17;2*21-18(13-5-2-1-3-6-13)15-8-4-7-14(11-15)17-12-16(20(22)23)9-10-19-17;1-8(12)11(9(2)13)10-6-4-3-5-7-10;1-4(6)3-5(2)7;;;;/h1-11,13-17H;1-5,7-11H;2*1-6,8-12H;10,12H,3-7H2,1-2H3;3,6H,1-2H3;;;;/q4*-1;;;;;;. The largest absolute Gasteiger partial charge is 0.512 e. The van der Waals surface area contributed by atoms with Crippen molar-refractivity contribution in [3.8, 4) is 45.0 Å². The number of aromatic nitrogens is 4. The number of nitrogens with zero attached hydrogens (tertiary/aromatic N) is 6. The molecule has 120 heavy (non-hydrogen) atoms. The molecule has 9 aromatic carbocycles. The first-order chi connectivity index (χ1) is 55.9. The molecule has 0 atom stereocenters. The minimum absolute atomic E-state index is 0. The van der Waals surface area contributed by atoms with Gasteiger partial charge in [0, 0.05) is 168 Å². The summed E-state index contributed by atoms with van der Waals surface area (Å²) in [6.45, 7) is 6.01. The number of aliphatic hydroxyl groups is 2. The van der Waals surface area contributed by atoms with Gasteiger partial charge in [-0.25, -0.2) is 4.39 Å². The van der Waals surface area contributed by atoms with Gasteiger partial charge in [-0.1, -0.05) is 175 Å². The van der Waals surface area contributed by atoms with Crippen molar-refractivity contribution in [3.63, 3.8) is 0 Å². The van der Waals surface area contributed by atoms with Crippen molar-refractivity contribution in [1.29, 1.82) is 0 Å². The van der Waals surface area contributed by atoms with Crippen LogP contribution in [0.5, 0.6) is 0 Å². The van der Waals surface area contributed by atoms with Gasteiger partial charge in [0.1, 0.15) is 5.82 Å². The Morgan fingerprint density at radius 2 is 0.750 bits per heavy atom. The fourth-order valence-electron chi connectivity index (χ4n) is 12.0. The normalized spacial score (nSPS) is 11.2. The number of hydrogen-bond donors (Lipinski definition) is 2. The Morgan fingerprint density at radius 3 is 1.10 bits per heavy atom. The quantitative estimate of drug-likeness (QED) is 0.0190. The Hall–Kier alpha value is -12.4. The molecule has 13 aromatic rings. The van der Waals surface area contributed by atoms with Crippen molar-refractivity contribution in [2.45, 2.75) is 59.8 Å². The van der Waals surface area contributed by atoms with Crippen LogP contribution >= 0.6 is 0 Å². The maximum absolute atomic E-state index is 14.0. The molecule has 0 aliphatic heterocycles. The summed E-state index contributed by atoms with van der Waals surface area (Å²) in [5, 5.41) is 39.5. The van der Waals surface area contributed by atoms with Crippen molar-refractivity contribution >= 4 is 51.9 Å². The molecule has 0 bridgehead atoms. The molecule has 0 saturated heterocycles. The molecule has 19 nitrogen and oxygen atoms in total. The smallest absolute Gasteiger partial charge is 0.263 e. The summed E-state index contributed by atoms with van der Waals surface area (Å²) in [5.41, 5.74) is 9.44. The minimum Gasteiger partial charge on any atom is -0.512 e. The maximum atomic E-state index is 14.0. The van der Waals surface area contributed by atoms with E-state index in [0.717, 1.165) is 18.9 Å². The number of ketones is 7. The van der Waals surface area contributed by atoms with Crippen LogP contribution in [-0.2, 0) is 90.0 Å². The van der Waals surface area contributed by atoms with Crippen molar-refractivity contribution < 1.29 is 143 Å². The zero-order valence-corrected chi connectivity index (χ0v) is 74.1. The summed E-state index contributed by atoms with van der Waals surface area (Å²) in [6.07, 6.45) is 12.9. The van der Waals surface area contributed by atoms with Gasteiger partial charge in [0.05, 0.1) is 21.4 Å². The second kappa shape index (κ2) is 49.7. The SMILES string of the molecule is CC(=O)C(=C(C)O)C1CCCCC1.CC(=O)C=C(C)O.O=C(c1ccc(F)cc1)c1cc(-c2ccccn2)[c-]cc1F.O=C(c1ccccc1)c1cc[c-]c(-c2cc(C(=O)c3ccccc3)ccn2)c1.O=C(c1ccccc1)c1cc[c-]c(-c2cc([N+](=O)[O-])ccn2)c1.O=C(c1ccccc1)c1cc[c-]c(-c2cc([N+](=O)[O-])ccn2)c1.[Ir].[Ir].[Ir].[Ir]. The Bertz CT molecular complexity index is 5490. The number of allylic oxidation sites excluding steroid dienone is 4. The molecule has 2 N–H and O–H groups in total. The van der Waals surface area contributed by atoms with Crippen LogP contribution in [0.2, 0.25) is 0 Å². The number of aliphatic hydroxyl groups excluding tert-OH is 2. The number of carbonyl (C=O) groups is 7. The van der Waals surface area contributed by atoms with Gasteiger partial charge in [-0.15, -0.1) is 113 Å². The monoisotopic (exact) mass is 2320 g/mol. The molecule has 25 heteroatoms. The maximum Gasteiger partial charge on any atom is 0.263 e. The average Bonchev–Trinajstić information content (AvgIpc) is 0.828. The second-order valence-electron chi connectivity index (χ2n) is 25.9. The average molecular weight is 2310 g/mol. The number of pyridine rings is 4. The topological polar surface area (TPSA) is 298 Å². The van der Waals surface area contributed by atoms with Crippen LogP contribution < -0.4 is 0 Å². The van der Waals surface area contributed by atoms with E-state index in [0.29, 0.717) is 101 Å². The number of Topliss-reactive ketones (excluding diaryl/α,β-unsaturated/α-hetero) is 1. The molecule has 0 spiro atoms. The molecule has 4 radical (unpaired) electrons. The van der Waals surface area contributed by atoms with Crippen LogP contribution in [0.3, 0.4) is 0 Å². The van der Waals surface area contributed by atoms with Gasteiger partial charge < -0.3 is 30.1 Å². The van der Waals surface area contributed by atoms with Gasteiger partial charge in [-0.2, -0.15) is 0 Å². The molecule has 1 aliphatic carbocycles. The Kier molecular flexibility index (Phi) is 40.7. The third kappa shape index (κ3) is 29.3. The van der Waals surface area contributed by atoms with Crippen LogP contribution in [0.1, 0.15) is 139 Å². The van der Waals surface area contributed by atoms with Gasteiger partial charge in [0.2, 0.25) is 0 Å². The van der Waals surface area contributed by atoms with Gasteiger partial charge >= 0.3 is 0 Å². The van der Waals surface area contributed by atoms with Crippen molar-refractivity contribution in [1.82, 2.24) is 19.9 Å². The van der Waals surface area contributed by atoms with Crippen LogP contribution in [-0.4, -0.2) is 80.5 Å². The zero-order chi connectivity index (χ0) is 83.0. The Balaban J connectivity index is 0.000000263. The summed E-state index contributed by atoms with van der Waals surface area (Å²) < 4.78 is 26.9. The molecule has 1 aliphatic rings. The van der Waals surface area contributed by atoms with E-state index in [4.69, 9.17) is 5.11 Å². The molecule has 1 saturated carbocycles. The third-order valence-corrected chi connectivity index (χ3v) is 17.5. The van der Waals surface area contributed by atoms with E-state index in [1.54, 1.807) is 184 Å². The van der Waals surface area contributed by atoms with Crippen LogP contribution in [0, 0.1) is 62.0 Å². The van der Waals surface area contributed by atoms with Crippen LogP contribution in [0.25, 0.3) is 45.0 Å². The van der Waals surface area contributed by atoms with Gasteiger partial charge in [0.15, 0.2) is 40.5 Å². The molecule has 1 fully saturated rings. The number of hydrogen-bond acceptors (Lipinski definition) is 17. The fraction of sp³-hybridized carbons (Fsp3) is 0.105. The second-order valence-corrected chi connectivity index (χ2v) is 25.9. The Morgan fingerprint density at radius 1 is 0.392 bits per heavy atom. The van der Waals surface area contributed by atoms with Gasteiger partial charge in [-0.05, 0) is 123 Å². The third-order valence-electron chi connectivity index (χ3n) is 17.5. The summed E-state index contributed by atoms with van der Waals surface area (Å²) >= 11 is 0. The first-order valence-electron chi connectivity index (χ1n) is 36.3. The molecule has 4 heterocycles. The van der Waals surface area contributed by atoms with Gasteiger partial charge in [0.25, 0.3) is 11.4 Å². The Labute approximate surface area is 746 Å². The van der Waals surface area contributed by atoms with E-state index >= 15 is 0 Å². The molecular weight excluding hydrogens is 2240 g/mol. The molecule has 0 amide bonds. The van der Waals surface area contributed by atoms with E-state index in [9.17, 15) is 67.7 Å². The van der Waals surface area contributed by atoms with Crippen molar-refractivity contribution in [2.75, 3.05) is 0 Å². The number of benzene rings is 9. The number of rotatable bonds is 19. The predicted molar refractivity (Wildman–Crippen MR) is 436 cm³/mol. The molecule has 0 unspecified atom stereocenters. The minimum atomic E-state index is -0.672. The van der Waals surface area contributed by atoms with E-state index < -0.39 is 27.3 Å². The number of halogens is 2. The molecular formula is C95H74F2Ir4N6O13-4. The summed E-state index contributed by atoms with van der Waals surface area (Å²) in [6, 6.07) is 84.5.